The first-order valence-electron chi connectivity index (χ1n) is 5.21. The summed E-state index contributed by atoms with van der Waals surface area (Å²) >= 11 is 0. The van der Waals surface area contributed by atoms with Crippen molar-refractivity contribution < 1.29 is 4.79 Å². The molecule has 0 aromatic heterocycles. The van der Waals surface area contributed by atoms with Crippen LogP contribution in [0.1, 0.15) is 32.6 Å². The lowest BCUT2D eigenvalue weighted by atomic mass is 10.0. The molecule has 1 aliphatic carbocycles. The second kappa shape index (κ2) is 2.98. The fourth-order valence-corrected chi connectivity index (χ4v) is 2.13. The molecule has 3 heteroatoms. The predicted molar refractivity (Wildman–Crippen MR) is 51.1 cm³/mol. The average Bonchev–Trinajstić information content (AvgIpc) is 2.85. The van der Waals surface area contributed by atoms with Gasteiger partial charge in [0.2, 0.25) is 5.91 Å². The summed E-state index contributed by atoms with van der Waals surface area (Å²) in [5.74, 6) is 0.166. The van der Waals surface area contributed by atoms with E-state index in [1.807, 2.05) is 4.90 Å². The number of carbonyl (C=O) groups is 1. The highest BCUT2D eigenvalue weighted by Gasteiger charge is 2.44. The Bertz CT molecular complexity index is 223. The SMILES string of the molecule is CCC1(CN2CCC(N)C2=O)CC1. The maximum absolute atomic E-state index is 11.5. The van der Waals surface area contributed by atoms with Crippen molar-refractivity contribution in [2.45, 2.75) is 38.6 Å². The molecule has 2 N–H and O–H groups in total. The van der Waals surface area contributed by atoms with Crippen molar-refractivity contribution in [1.29, 1.82) is 0 Å². The molecule has 1 atom stereocenters. The van der Waals surface area contributed by atoms with Gasteiger partial charge in [-0.15, -0.1) is 0 Å². The highest BCUT2D eigenvalue weighted by Crippen LogP contribution is 2.49. The Morgan fingerprint density at radius 2 is 2.31 bits per heavy atom. The zero-order valence-corrected chi connectivity index (χ0v) is 8.25. The quantitative estimate of drug-likeness (QED) is 0.699. The predicted octanol–water partition coefficient (Wildman–Crippen LogP) is 0.736. The summed E-state index contributed by atoms with van der Waals surface area (Å²) in [5, 5.41) is 0. The van der Waals surface area contributed by atoms with Gasteiger partial charge in [-0.2, -0.15) is 0 Å². The van der Waals surface area contributed by atoms with Crippen LogP contribution in [0.2, 0.25) is 0 Å². The van der Waals surface area contributed by atoms with Gasteiger partial charge in [0, 0.05) is 13.1 Å². The Labute approximate surface area is 79.3 Å². The molecule has 2 rings (SSSR count). The third kappa shape index (κ3) is 1.57. The Balaban J connectivity index is 1.92. The van der Waals surface area contributed by atoms with E-state index in [4.69, 9.17) is 5.73 Å². The van der Waals surface area contributed by atoms with E-state index < -0.39 is 0 Å². The molecule has 0 aromatic carbocycles. The number of likely N-dealkylation sites (tertiary alicyclic amines) is 1. The third-order valence-corrected chi connectivity index (χ3v) is 3.57. The van der Waals surface area contributed by atoms with Gasteiger partial charge in [0.15, 0.2) is 0 Å². The molecule has 2 fully saturated rings. The monoisotopic (exact) mass is 182 g/mol. The Kier molecular flexibility index (Phi) is 2.06. The van der Waals surface area contributed by atoms with Gasteiger partial charge in [0.1, 0.15) is 0 Å². The molecular formula is C10H18N2O. The minimum Gasteiger partial charge on any atom is -0.341 e. The molecule has 1 saturated heterocycles. The van der Waals surface area contributed by atoms with Crippen molar-refractivity contribution in [1.82, 2.24) is 4.90 Å². The lowest BCUT2D eigenvalue weighted by molar-refractivity contribution is -0.129. The molecule has 74 valence electrons. The van der Waals surface area contributed by atoms with Crippen molar-refractivity contribution in [2.24, 2.45) is 11.1 Å². The number of carbonyl (C=O) groups excluding carboxylic acids is 1. The second-order valence-electron chi connectivity index (χ2n) is 4.51. The molecule has 0 spiro atoms. The van der Waals surface area contributed by atoms with Gasteiger partial charge in [-0.3, -0.25) is 4.79 Å². The molecule has 1 saturated carbocycles. The minimum absolute atomic E-state index is 0.166. The summed E-state index contributed by atoms with van der Waals surface area (Å²) < 4.78 is 0. The van der Waals surface area contributed by atoms with Crippen molar-refractivity contribution in [2.75, 3.05) is 13.1 Å². The van der Waals surface area contributed by atoms with Gasteiger partial charge < -0.3 is 10.6 Å². The molecule has 0 aromatic rings. The van der Waals surface area contributed by atoms with Crippen molar-refractivity contribution in [3.05, 3.63) is 0 Å². The molecule has 1 aliphatic heterocycles. The summed E-state index contributed by atoms with van der Waals surface area (Å²) in [6, 6.07) is -0.215. The van der Waals surface area contributed by atoms with Gasteiger partial charge in [-0.25, -0.2) is 0 Å². The first kappa shape index (κ1) is 9.00. The average molecular weight is 182 g/mol. The number of hydrogen-bond acceptors (Lipinski definition) is 2. The lowest BCUT2D eigenvalue weighted by Gasteiger charge is -2.22. The lowest BCUT2D eigenvalue weighted by Crippen LogP contribution is -2.37. The molecule has 1 amide bonds. The van der Waals surface area contributed by atoms with Crippen LogP contribution in [-0.2, 0) is 4.79 Å². The van der Waals surface area contributed by atoms with Crippen LogP contribution in [0, 0.1) is 5.41 Å². The van der Waals surface area contributed by atoms with E-state index in [0.717, 1.165) is 19.5 Å². The summed E-state index contributed by atoms with van der Waals surface area (Å²) in [6.07, 6.45) is 4.63. The minimum atomic E-state index is -0.215. The molecule has 13 heavy (non-hydrogen) atoms. The van der Waals surface area contributed by atoms with Crippen LogP contribution in [0.15, 0.2) is 0 Å². The Morgan fingerprint density at radius 1 is 1.62 bits per heavy atom. The smallest absolute Gasteiger partial charge is 0.239 e. The molecule has 0 bridgehead atoms. The molecule has 3 nitrogen and oxygen atoms in total. The maximum atomic E-state index is 11.5. The number of amides is 1. The van der Waals surface area contributed by atoms with Crippen molar-refractivity contribution in [3.8, 4) is 0 Å². The largest absolute Gasteiger partial charge is 0.341 e. The van der Waals surface area contributed by atoms with Crippen LogP contribution in [0.25, 0.3) is 0 Å². The third-order valence-electron chi connectivity index (χ3n) is 3.57. The van der Waals surface area contributed by atoms with Crippen molar-refractivity contribution >= 4 is 5.91 Å². The second-order valence-corrected chi connectivity index (χ2v) is 4.51. The van der Waals surface area contributed by atoms with E-state index >= 15 is 0 Å². The standard InChI is InChI=1S/C10H18N2O/c1-2-10(4-5-10)7-12-6-3-8(11)9(12)13/h8H,2-7,11H2,1H3. The van der Waals surface area contributed by atoms with Crippen LogP contribution >= 0.6 is 0 Å². The molecular weight excluding hydrogens is 164 g/mol. The van der Waals surface area contributed by atoms with Gasteiger partial charge in [-0.1, -0.05) is 6.92 Å². The van der Waals surface area contributed by atoms with Crippen LogP contribution in [0.3, 0.4) is 0 Å². The van der Waals surface area contributed by atoms with Crippen LogP contribution in [-0.4, -0.2) is 29.9 Å². The van der Waals surface area contributed by atoms with Crippen molar-refractivity contribution in [3.63, 3.8) is 0 Å². The zero-order chi connectivity index (χ0) is 9.47. The number of hydrogen-bond donors (Lipinski definition) is 1. The molecule has 0 radical (unpaired) electrons. The highest BCUT2D eigenvalue weighted by atomic mass is 16.2. The topological polar surface area (TPSA) is 46.3 Å². The van der Waals surface area contributed by atoms with Gasteiger partial charge in [0.25, 0.3) is 0 Å². The van der Waals surface area contributed by atoms with Gasteiger partial charge >= 0.3 is 0 Å². The van der Waals surface area contributed by atoms with Crippen LogP contribution in [0.5, 0.6) is 0 Å². The molecule has 1 heterocycles. The molecule has 2 aliphatic rings. The Morgan fingerprint density at radius 3 is 2.69 bits per heavy atom. The first-order chi connectivity index (χ1) is 6.17. The highest BCUT2D eigenvalue weighted by molar-refractivity contribution is 5.83. The van der Waals surface area contributed by atoms with E-state index in [1.165, 1.54) is 19.3 Å². The summed E-state index contributed by atoms with van der Waals surface area (Å²) in [7, 11) is 0. The van der Waals surface area contributed by atoms with E-state index in [1.54, 1.807) is 0 Å². The van der Waals surface area contributed by atoms with Crippen LogP contribution < -0.4 is 5.73 Å². The number of nitrogens with zero attached hydrogens (tertiary/aromatic N) is 1. The van der Waals surface area contributed by atoms with E-state index in [0.29, 0.717) is 5.41 Å². The van der Waals surface area contributed by atoms with E-state index in [-0.39, 0.29) is 11.9 Å². The fraction of sp³-hybridized carbons (Fsp3) is 0.900. The number of rotatable bonds is 3. The fourth-order valence-electron chi connectivity index (χ4n) is 2.13. The van der Waals surface area contributed by atoms with Gasteiger partial charge in [0.05, 0.1) is 6.04 Å². The van der Waals surface area contributed by atoms with E-state index in [9.17, 15) is 4.79 Å². The van der Waals surface area contributed by atoms with E-state index in [2.05, 4.69) is 6.92 Å². The van der Waals surface area contributed by atoms with Crippen LogP contribution in [0.4, 0.5) is 0 Å². The Hall–Kier alpha value is -0.570. The normalized spacial score (nSPS) is 31.1. The summed E-state index contributed by atoms with van der Waals surface area (Å²) in [6.45, 7) is 4.05. The zero-order valence-electron chi connectivity index (χ0n) is 8.25. The first-order valence-corrected chi connectivity index (χ1v) is 5.21. The van der Waals surface area contributed by atoms with Gasteiger partial charge in [-0.05, 0) is 31.1 Å². The molecule has 1 unspecified atom stereocenters. The summed E-state index contributed by atoms with van der Waals surface area (Å²) in [5.41, 5.74) is 6.13. The maximum Gasteiger partial charge on any atom is 0.239 e. The number of nitrogens with two attached hydrogens (primary N) is 1. The summed E-state index contributed by atoms with van der Waals surface area (Å²) in [4.78, 5) is 13.5.